The summed E-state index contributed by atoms with van der Waals surface area (Å²) in [5.74, 6) is -1.08. The number of hydrogen-bond donors (Lipinski definition) is 1. The van der Waals surface area contributed by atoms with Gasteiger partial charge in [0.25, 0.3) is 0 Å². The van der Waals surface area contributed by atoms with Crippen molar-refractivity contribution in [2.45, 2.75) is 31.2 Å². The van der Waals surface area contributed by atoms with Gasteiger partial charge >= 0.3 is 0 Å². The van der Waals surface area contributed by atoms with Gasteiger partial charge in [-0.25, -0.2) is 25.9 Å². The number of sulfonamides is 1. The number of amides is 1. The quantitative estimate of drug-likeness (QED) is 0.757. The Balaban J connectivity index is 2.05. The molecule has 1 N–H and O–H groups in total. The van der Waals surface area contributed by atoms with E-state index in [1.165, 1.54) is 17.9 Å². The van der Waals surface area contributed by atoms with E-state index in [1.54, 1.807) is 6.92 Å². The number of carbonyl (C=O) groups is 1. The largest absolute Gasteiger partial charge is 0.338 e. The number of benzene rings is 1. The third kappa shape index (κ3) is 4.77. The third-order valence-electron chi connectivity index (χ3n) is 4.16. The summed E-state index contributed by atoms with van der Waals surface area (Å²) in [6.07, 6.45) is 0.353. The molecule has 1 aliphatic rings. The maximum atomic E-state index is 13.3. The number of hydrogen-bond acceptors (Lipinski definition) is 5. The highest BCUT2D eigenvalue weighted by atomic mass is 32.2. The van der Waals surface area contributed by atoms with Crippen molar-refractivity contribution in [3.63, 3.8) is 0 Å². The number of sulfone groups is 1. The summed E-state index contributed by atoms with van der Waals surface area (Å²) < 4.78 is 63.1. The Hall–Kier alpha value is -1.52. The molecule has 140 valence electrons. The van der Waals surface area contributed by atoms with E-state index in [0.717, 1.165) is 12.1 Å². The molecule has 1 aromatic rings. The van der Waals surface area contributed by atoms with Gasteiger partial charge in [-0.3, -0.25) is 4.79 Å². The topological polar surface area (TPSA) is 101 Å². The first-order valence-corrected chi connectivity index (χ1v) is 11.1. The fraction of sp³-hybridized carbons (Fsp3) is 0.533. The highest BCUT2D eigenvalue weighted by Crippen LogP contribution is 2.18. The van der Waals surface area contributed by atoms with Crippen LogP contribution >= 0.6 is 0 Å². The maximum Gasteiger partial charge on any atom is 0.241 e. The first kappa shape index (κ1) is 19.8. The van der Waals surface area contributed by atoms with Crippen molar-refractivity contribution in [3.8, 4) is 0 Å². The predicted molar refractivity (Wildman–Crippen MR) is 90.8 cm³/mol. The molecule has 1 aliphatic heterocycles. The van der Waals surface area contributed by atoms with Gasteiger partial charge in [-0.2, -0.15) is 0 Å². The first-order valence-electron chi connectivity index (χ1n) is 7.81. The molecule has 1 fully saturated rings. The normalized spacial score (nSPS) is 19.7. The van der Waals surface area contributed by atoms with Crippen LogP contribution in [0, 0.1) is 12.7 Å². The first-order chi connectivity index (χ1) is 11.6. The monoisotopic (exact) mass is 392 g/mol. The summed E-state index contributed by atoms with van der Waals surface area (Å²) in [5.41, 5.74) is 0.181. The van der Waals surface area contributed by atoms with Crippen LogP contribution in [0.3, 0.4) is 0 Å². The van der Waals surface area contributed by atoms with Gasteiger partial charge in [0.15, 0.2) is 9.84 Å². The second-order valence-electron chi connectivity index (χ2n) is 5.97. The zero-order valence-corrected chi connectivity index (χ0v) is 15.7. The SMILES string of the molecule is CCN(C(=O)CNS(=O)(=O)c1ccc(F)c(C)c1)C1CCS(=O)(=O)C1. The second-order valence-corrected chi connectivity index (χ2v) is 9.97. The Morgan fingerprint density at radius 1 is 1.40 bits per heavy atom. The highest BCUT2D eigenvalue weighted by Gasteiger charge is 2.34. The smallest absolute Gasteiger partial charge is 0.241 e. The molecule has 0 aromatic heterocycles. The average molecular weight is 392 g/mol. The summed E-state index contributed by atoms with van der Waals surface area (Å²) >= 11 is 0. The number of nitrogens with one attached hydrogen (secondary N) is 1. The van der Waals surface area contributed by atoms with Crippen molar-refractivity contribution in [3.05, 3.63) is 29.6 Å². The summed E-state index contributed by atoms with van der Waals surface area (Å²) in [6.45, 7) is 2.96. The average Bonchev–Trinajstić information content (AvgIpc) is 2.88. The van der Waals surface area contributed by atoms with Crippen LogP contribution in [0.4, 0.5) is 4.39 Å². The standard InChI is InChI=1S/C15H21FN2O5S2/c1-3-18(12-6-7-24(20,21)10-12)15(19)9-17-25(22,23)13-4-5-14(16)11(2)8-13/h4-5,8,12,17H,3,6-7,9-10H2,1-2H3. The lowest BCUT2D eigenvalue weighted by molar-refractivity contribution is -0.131. The van der Waals surface area contributed by atoms with Crippen LogP contribution in [-0.2, 0) is 24.7 Å². The van der Waals surface area contributed by atoms with Crippen molar-refractivity contribution in [2.24, 2.45) is 0 Å². The van der Waals surface area contributed by atoms with E-state index in [9.17, 15) is 26.0 Å². The Labute approximate surface area is 147 Å². The molecule has 1 amide bonds. The summed E-state index contributed by atoms with van der Waals surface area (Å²) in [4.78, 5) is 13.6. The third-order valence-corrected chi connectivity index (χ3v) is 7.31. The summed E-state index contributed by atoms with van der Waals surface area (Å²) in [6, 6.07) is 2.92. The molecule has 1 aromatic carbocycles. The highest BCUT2D eigenvalue weighted by molar-refractivity contribution is 7.91. The molecule has 1 unspecified atom stereocenters. The molecule has 25 heavy (non-hydrogen) atoms. The number of aryl methyl sites for hydroxylation is 1. The Kier molecular flexibility index (Phi) is 5.85. The molecule has 0 bridgehead atoms. The number of rotatable bonds is 6. The van der Waals surface area contributed by atoms with Crippen molar-refractivity contribution >= 4 is 25.8 Å². The molecule has 1 saturated heterocycles. The van der Waals surface area contributed by atoms with Crippen LogP contribution in [0.15, 0.2) is 23.1 Å². The predicted octanol–water partition coefficient (Wildman–Crippen LogP) is 0.448. The molecule has 0 saturated carbocycles. The van der Waals surface area contributed by atoms with E-state index in [1.807, 2.05) is 0 Å². The van der Waals surface area contributed by atoms with Crippen molar-refractivity contribution in [2.75, 3.05) is 24.6 Å². The lowest BCUT2D eigenvalue weighted by Gasteiger charge is -2.27. The van der Waals surface area contributed by atoms with Gasteiger partial charge in [0, 0.05) is 12.6 Å². The molecule has 0 radical (unpaired) electrons. The number of halogens is 1. The van der Waals surface area contributed by atoms with Gasteiger partial charge < -0.3 is 4.90 Å². The molecule has 0 spiro atoms. The zero-order valence-electron chi connectivity index (χ0n) is 14.0. The van der Waals surface area contributed by atoms with Crippen LogP contribution in [0.2, 0.25) is 0 Å². The minimum absolute atomic E-state index is 0.0298. The molecular formula is C15H21FN2O5S2. The molecule has 1 atom stereocenters. The van der Waals surface area contributed by atoms with E-state index in [4.69, 9.17) is 0 Å². The Bertz CT molecular complexity index is 868. The second kappa shape index (κ2) is 7.38. The van der Waals surface area contributed by atoms with Crippen LogP contribution in [0.1, 0.15) is 18.9 Å². The fourth-order valence-electron chi connectivity index (χ4n) is 2.79. The number of carbonyl (C=O) groups excluding carboxylic acids is 1. The number of likely N-dealkylation sites (N-methyl/N-ethyl adjacent to an activating group) is 1. The Morgan fingerprint density at radius 3 is 2.60 bits per heavy atom. The maximum absolute atomic E-state index is 13.3. The van der Waals surface area contributed by atoms with Crippen molar-refractivity contribution < 1.29 is 26.0 Å². The van der Waals surface area contributed by atoms with Gasteiger partial charge in [0.2, 0.25) is 15.9 Å². The molecule has 7 nitrogen and oxygen atoms in total. The molecule has 1 heterocycles. The minimum atomic E-state index is -3.97. The van der Waals surface area contributed by atoms with Gasteiger partial charge in [-0.05, 0) is 44.0 Å². The zero-order chi connectivity index (χ0) is 18.8. The van der Waals surface area contributed by atoms with Gasteiger partial charge in [-0.15, -0.1) is 0 Å². The molecule has 2 rings (SSSR count). The minimum Gasteiger partial charge on any atom is -0.338 e. The van der Waals surface area contributed by atoms with Crippen LogP contribution in [0.25, 0.3) is 0 Å². The Morgan fingerprint density at radius 2 is 2.08 bits per heavy atom. The lowest BCUT2D eigenvalue weighted by atomic mass is 10.2. The fourth-order valence-corrected chi connectivity index (χ4v) is 5.58. The van der Waals surface area contributed by atoms with E-state index < -0.39 is 44.2 Å². The molecule has 0 aliphatic carbocycles. The van der Waals surface area contributed by atoms with Crippen molar-refractivity contribution in [1.29, 1.82) is 0 Å². The van der Waals surface area contributed by atoms with Gasteiger partial charge in [0.1, 0.15) is 5.82 Å². The molecular weight excluding hydrogens is 371 g/mol. The molecule has 10 heteroatoms. The summed E-state index contributed by atoms with van der Waals surface area (Å²) in [7, 11) is -7.11. The van der Waals surface area contributed by atoms with Crippen LogP contribution in [-0.4, -0.2) is 58.3 Å². The van der Waals surface area contributed by atoms with Crippen LogP contribution < -0.4 is 4.72 Å². The van der Waals surface area contributed by atoms with Crippen LogP contribution in [0.5, 0.6) is 0 Å². The van der Waals surface area contributed by atoms with E-state index in [0.29, 0.717) is 6.42 Å². The van der Waals surface area contributed by atoms with E-state index in [2.05, 4.69) is 4.72 Å². The van der Waals surface area contributed by atoms with Gasteiger partial charge in [0.05, 0.1) is 22.9 Å². The summed E-state index contributed by atoms with van der Waals surface area (Å²) in [5, 5.41) is 0. The van der Waals surface area contributed by atoms with E-state index >= 15 is 0 Å². The van der Waals surface area contributed by atoms with E-state index in [-0.39, 0.29) is 28.5 Å². The lowest BCUT2D eigenvalue weighted by Crippen LogP contribution is -2.46. The van der Waals surface area contributed by atoms with Gasteiger partial charge in [-0.1, -0.05) is 0 Å². The number of nitrogens with zero attached hydrogens (tertiary/aromatic N) is 1. The van der Waals surface area contributed by atoms with Crippen molar-refractivity contribution in [1.82, 2.24) is 9.62 Å².